The second-order valence-electron chi connectivity index (χ2n) is 7.03. The highest BCUT2D eigenvalue weighted by atomic mass is 15.1. The third-order valence-electron chi connectivity index (χ3n) is 4.48. The molecule has 4 N–H and O–H groups in total. The van der Waals surface area contributed by atoms with Crippen molar-refractivity contribution in [2.75, 3.05) is 17.6 Å². The van der Waals surface area contributed by atoms with E-state index in [9.17, 15) is 0 Å². The summed E-state index contributed by atoms with van der Waals surface area (Å²) in [5.74, 6) is 1.13. The maximum Gasteiger partial charge on any atom is 0.222 e. The molecule has 1 aromatic heterocycles. The third kappa shape index (κ3) is 6.30. The van der Waals surface area contributed by atoms with Crippen LogP contribution in [-0.4, -0.2) is 22.6 Å². The van der Waals surface area contributed by atoms with Gasteiger partial charge >= 0.3 is 0 Å². The molecular formula is C21H33N5. The van der Waals surface area contributed by atoms with Crippen molar-refractivity contribution >= 4 is 11.8 Å². The van der Waals surface area contributed by atoms with Crippen molar-refractivity contribution in [3.63, 3.8) is 0 Å². The van der Waals surface area contributed by atoms with Crippen molar-refractivity contribution in [3.05, 3.63) is 47.2 Å². The summed E-state index contributed by atoms with van der Waals surface area (Å²) in [7, 11) is 0. The molecule has 0 fully saturated rings. The lowest BCUT2D eigenvalue weighted by molar-refractivity contribution is 0.570. The Hall–Kier alpha value is -2.14. The lowest BCUT2D eigenvalue weighted by atomic mass is 10.0. The molecule has 0 aliphatic heterocycles. The van der Waals surface area contributed by atoms with Crippen molar-refractivity contribution in [1.82, 2.24) is 15.3 Å². The second-order valence-corrected chi connectivity index (χ2v) is 7.03. The van der Waals surface area contributed by atoms with Gasteiger partial charge in [0.1, 0.15) is 5.82 Å². The Morgan fingerprint density at radius 2 is 1.77 bits per heavy atom. The van der Waals surface area contributed by atoms with Gasteiger partial charge in [0, 0.05) is 24.6 Å². The molecule has 0 radical (unpaired) electrons. The van der Waals surface area contributed by atoms with Crippen molar-refractivity contribution in [3.8, 4) is 0 Å². The minimum absolute atomic E-state index is 0.322. The molecule has 2 rings (SSSR count). The van der Waals surface area contributed by atoms with Crippen LogP contribution in [0.4, 0.5) is 11.8 Å². The molecule has 0 bridgehead atoms. The van der Waals surface area contributed by atoms with E-state index in [2.05, 4.69) is 72.6 Å². The Morgan fingerprint density at radius 1 is 1.04 bits per heavy atom. The minimum Gasteiger partial charge on any atom is -0.368 e. The second kappa shape index (κ2) is 10.1. The van der Waals surface area contributed by atoms with E-state index in [4.69, 9.17) is 5.73 Å². The molecule has 2 aromatic rings. The number of aromatic nitrogens is 2. The summed E-state index contributed by atoms with van der Waals surface area (Å²) in [5, 5.41) is 6.93. The fourth-order valence-electron chi connectivity index (χ4n) is 3.05. The van der Waals surface area contributed by atoms with Gasteiger partial charge in [-0.25, -0.2) is 4.98 Å². The van der Waals surface area contributed by atoms with E-state index in [-0.39, 0.29) is 0 Å². The zero-order chi connectivity index (χ0) is 18.9. The van der Waals surface area contributed by atoms with E-state index in [1.54, 1.807) is 0 Å². The number of nitrogens with one attached hydrogen (secondary N) is 2. The Bertz CT molecular complexity index is 669. The number of hydrogen-bond donors (Lipinski definition) is 3. The average Bonchev–Trinajstić information content (AvgIpc) is 2.60. The molecule has 2 atom stereocenters. The van der Waals surface area contributed by atoms with E-state index >= 15 is 0 Å². The van der Waals surface area contributed by atoms with Crippen molar-refractivity contribution in [2.24, 2.45) is 0 Å². The lowest BCUT2D eigenvalue weighted by Crippen LogP contribution is -2.19. The molecule has 0 saturated heterocycles. The number of rotatable bonds is 10. The fourth-order valence-corrected chi connectivity index (χ4v) is 3.05. The highest BCUT2D eigenvalue weighted by molar-refractivity contribution is 5.42. The van der Waals surface area contributed by atoms with Crippen molar-refractivity contribution in [1.29, 1.82) is 0 Å². The molecule has 1 aromatic carbocycles. The molecule has 26 heavy (non-hydrogen) atoms. The van der Waals surface area contributed by atoms with E-state index < -0.39 is 0 Å². The summed E-state index contributed by atoms with van der Waals surface area (Å²) >= 11 is 0. The van der Waals surface area contributed by atoms with E-state index in [1.165, 1.54) is 11.1 Å². The van der Waals surface area contributed by atoms with Crippen molar-refractivity contribution < 1.29 is 0 Å². The molecule has 0 unspecified atom stereocenters. The number of anilines is 2. The van der Waals surface area contributed by atoms with Gasteiger partial charge in [0.05, 0.1) is 5.69 Å². The topological polar surface area (TPSA) is 75.9 Å². The number of nitrogens with zero attached hydrogens (tertiary/aromatic N) is 2. The maximum atomic E-state index is 5.90. The standard InChI is InChI=1S/C21H33N5/c1-5-7-15(3)24-20-14-19(25-21(22)26-20)13-17-8-10-18(11-9-17)16(4)23-12-6-2/h8-11,14-16,23H,5-7,12-13H2,1-4H3,(H3,22,24,25,26)/t15-,16-/m1/s1. The highest BCUT2D eigenvalue weighted by Gasteiger charge is 2.08. The van der Waals surface area contributed by atoms with Gasteiger partial charge in [-0.1, -0.05) is 44.5 Å². The van der Waals surface area contributed by atoms with Gasteiger partial charge in [-0.3, -0.25) is 0 Å². The normalized spacial score (nSPS) is 13.4. The van der Waals surface area contributed by atoms with Crippen LogP contribution in [0, 0.1) is 0 Å². The molecule has 0 spiro atoms. The number of benzene rings is 1. The molecule has 5 heteroatoms. The van der Waals surface area contributed by atoms with E-state index in [1.807, 2.05) is 6.07 Å². The predicted molar refractivity (Wildman–Crippen MR) is 110 cm³/mol. The van der Waals surface area contributed by atoms with Gasteiger partial charge < -0.3 is 16.4 Å². The summed E-state index contributed by atoms with van der Waals surface area (Å²) < 4.78 is 0. The van der Waals surface area contributed by atoms with Gasteiger partial charge in [0.25, 0.3) is 0 Å². The molecule has 0 amide bonds. The van der Waals surface area contributed by atoms with E-state index in [0.717, 1.165) is 43.7 Å². The van der Waals surface area contributed by atoms with Gasteiger partial charge in [0.2, 0.25) is 5.95 Å². The summed E-state index contributed by atoms with van der Waals surface area (Å²) in [6.45, 7) is 9.76. The molecule has 0 saturated carbocycles. The first-order valence-corrected chi connectivity index (χ1v) is 9.74. The number of hydrogen-bond acceptors (Lipinski definition) is 5. The van der Waals surface area contributed by atoms with Gasteiger partial charge in [-0.05, 0) is 44.4 Å². The first kappa shape index (κ1) is 20.2. The molecule has 142 valence electrons. The Balaban J connectivity index is 2.04. The Labute approximate surface area is 157 Å². The first-order valence-electron chi connectivity index (χ1n) is 9.74. The van der Waals surface area contributed by atoms with Crippen LogP contribution in [0.2, 0.25) is 0 Å². The summed E-state index contributed by atoms with van der Waals surface area (Å²) in [6, 6.07) is 11.5. The van der Waals surface area contributed by atoms with Crippen LogP contribution in [0.5, 0.6) is 0 Å². The van der Waals surface area contributed by atoms with Gasteiger partial charge in [0.15, 0.2) is 0 Å². The first-order chi connectivity index (χ1) is 12.5. The summed E-state index contributed by atoms with van der Waals surface area (Å²) in [4.78, 5) is 8.71. The smallest absolute Gasteiger partial charge is 0.222 e. The molecule has 1 heterocycles. The zero-order valence-corrected chi connectivity index (χ0v) is 16.5. The monoisotopic (exact) mass is 355 g/mol. The van der Waals surface area contributed by atoms with Crippen LogP contribution in [0.25, 0.3) is 0 Å². The molecular weight excluding hydrogens is 322 g/mol. The zero-order valence-electron chi connectivity index (χ0n) is 16.5. The van der Waals surface area contributed by atoms with Crippen LogP contribution < -0.4 is 16.4 Å². The minimum atomic E-state index is 0.322. The average molecular weight is 356 g/mol. The third-order valence-corrected chi connectivity index (χ3v) is 4.48. The van der Waals surface area contributed by atoms with Crippen LogP contribution >= 0.6 is 0 Å². The van der Waals surface area contributed by atoms with Crippen molar-refractivity contribution in [2.45, 2.75) is 65.5 Å². The summed E-state index contributed by atoms with van der Waals surface area (Å²) in [6.07, 6.45) is 4.13. The molecule has 0 aliphatic carbocycles. The largest absolute Gasteiger partial charge is 0.368 e. The van der Waals surface area contributed by atoms with E-state index in [0.29, 0.717) is 18.0 Å². The quantitative estimate of drug-likeness (QED) is 0.592. The summed E-state index contributed by atoms with van der Waals surface area (Å²) in [5.41, 5.74) is 9.37. The predicted octanol–water partition coefficient (Wildman–Crippen LogP) is 4.31. The highest BCUT2D eigenvalue weighted by Crippen LogP contribution is 2.17. The number of nitrogen functional groups attached to an aromatic ring is 1. The fraction of sp³-hybridized carbons (Fsp3) is 0.524. The molecule has 5 nitrogen and oxygen atoms in total. The van der Waals surface area contributed by atoms with Crippen LogP contribution in [-0.2, 0) is 6.42 Å². The Kier molecular flexibility index (Phi) is 7.85. The number of nitrogens with two attached hydrogens (primary N) is 1. The Morgan fingerprint density at radius 3 is 2.42 bits per heavy atom. The van der Waals surface area contributed by atoms with Gasteiger partial charge in [-0.2, -0.15) is 4.98 Å². The van der Waals surface area contributed by atoms with Crippen LogP contribution in [0.3, 0.4) is 0 Å². The van der Waals surface area contributed by atoms with Crippen LogP contribution in [0.1, 0.15) is 69.8 Å². The maximum absolute atomic E-state index is 5.90. The lowest BCUT2D eigenvalue weighted by Gasteiger charge is -2.15. The molecule has 0 aliphatic rings. The van der Waals surface area contributed by atoms with Crippen LogP contribution in [0.15, 0.2) is 30.3 Å². The SMILES string of the molecule is CCCN[C@H](C)c1ccc(Cc2cc(N[C@H](C)CCC)nc(N)n2)cc1. The van der Waals surface area contributed by atoms with Gasteiger partial charge in [-0.15, -0.1) is 0 Å².